The number of nitrogens with one attached hydrogen (secondary N) is 2. The standard InChI is InChI=1S/C18H18N6O2/c25-17(12-1-2-14-15(9-12)22-11-21-14)23-13-3-7-24(8-4-13)18(26)16-10-19-5-6-20-16/h1-2,5-6,9-11,13H,3-4,7-8H2,(H,21,22)(H,23,25). The third kappa shape index (κ3) is 3.26. The van der Waals surface area contributed by atoms with E-state index in [1.807, 2.05) is 6.07 Å². The Morgan fingerprint density at radius 3 is 2.77 bits per heavy atom. The van der Waals surface area contributed by atoms with Crippen LogP contribution < -0.4 is 5.32 Å². The molecule has 0 spiro atoms. The predicted molar refractivity (Wildman–Crippen MR) is 94.5 cm³/mol. The molecular weight excluding hydrogens is 332 g/mol. The number of aromatic amines is 1. The van der Waals surface area contributed by atoms with Gasteiger partial charge in [-0.05, 0) is 31.0 Å². The molecular formula is C18H18N6O2. The van der Waals surface area contributed by atoms with Crippen LogP contribution in [0.15, 0.2) is 43.1 Å². The number of piperidine rings is 1. The Hall–Kier alpha value is -3.29. The molecule has 2 amide bonds. The van der Waals surface area contributed by atoms with E-state index in [0.717, 1.165) is 11.0 Å². The van der Waals surface area contributed by atoms with Gasteiger partial charge in [0.1, 0.15) is 5.69 Å². The molecule has 1 aromatic carbocycles. The normalized spacial score (nSPS) is 15.2. The van der Waals surface area contributed by atoms with Crippen LogP contribution in [0.5, 0.6) is 0 Å². The van der Waals surface area contributed by atoms with Crippen molar-refractivity contribution in [1.29, 1.82) is 0 Å². The van der Waals surface area contributed by atoms with Crippen molar-refractivity contribution in [2.24, 2.45) is 0 Å². The smallest absolute Gasteiger partial charge is 0.274 e. The molecule has 2 aromatic heterocycles. The number of H-pyrrole nitrogens is 1. The fraction of sp³-hybridized carbons (Fsp3) is 0.278. The second-order valence-electron chi connectivity index (χ2n) is 6.27. The Balaban J connectivity index is 1.34. The number of hydrogen-bond acceptors (Lipinski definition) is 5. The number of imidazole rings is 1. The topological polar surface area (TPSA) is 104 Å². The molecule has 0 unspecified atom stereocenters. The van der Waals surface area contributed by atoms with E-state index in [1.165, 1.54) is 12.4 Å². The van der Waals surface area contributed by atoms with Crippen molar-refractivity contribution in [3.63, 3.8) is 0 Å². The zero-order valence-electron chi connectivity index (χ0n) is 14.1. The highest BCUT2D eigenvalue weighted by Crippen LogP contribution is 2.15. The van der Waals surface area contributed by atoms with E-state index in [0.29, 0.717) is 37.2 Å². The maximum absolute atomic E-state index is 12.5. The minimum absolute atomic E-state index is 0.0471. The van der Waals surface area contributed by atoms with Crippen LogP contribution in [0.4, 0.5) is 0 Å². The molecule has 1 aliphatic rings. The summed E-state index contributed by atoms with van der Waals surface area (Å²) < 4.78 is 0. The van der Waals surface area contributed by atoms with Gasteiger partial charge in [0.2, 0.25) is 0 Å². The Kier molecular flexibility index (Phi) is 4.30. The molecule has 132 valence electrons. The number of aromatic nitrogens is 4. The second-order valence-corrected chi connectivity index (χ2v) is 6.27. The zero-order chi connectivity index (χ0) is 17.9. The molecule has 0 atom stereocenters. The largest absolute Gasteiger partial charge is 0.349 e. The molecule has 1 fully saturated rings. The fourth-order valence-corrected chi connectivity index (χ4v) is 3.14. The van der Waals surface area contributed by atoms with Crippen LogP contribution >= 0.6 is 0 Å². The average Bonchev–Trinajstić information content (AvgIpc) is 3.16. The van der Waals surface area contributed by atoms with E-state index in [-0.39, 0.29) is 17.9 Å². The third-order valence-electron chi connectivity index (χ3n) is 4.58. The quantitative estimate of drug-likeness (QED) is 0.743. The Morgan fingerprint density at radius 2 is 2.00 bits per heavy atom. The number of carbonyl (C=O) groups excluding carboxylic acids is 2. The van der Waals surface area contributed by atoms with E-state index in [2.05, 4.69) is 25.3 Å². The summed E-state index contributed by atoms with van der Waals surface area (Å²) in [7, 11) is 0. The molecule has 0 radical (unpaired) electrons. The maximum atomic E-state index is 12.5. The lowest BCUT2D eigenvalue weighted by Gasteiger charge is -2.32. The minimum Gasteiger partial charge on any atom is -0.349 e. The second kappa shape index (κ2) is 6.91. The summed E-state index contributed by atoms with van der Waals surface area (Å²) in [6.07, 6.45) is 7.56. The van der Waals surface area contributed by atoms with Gasteiger partial charge in [-0.2, -0.15) is 0 Å². The molecule has 8 nitrogen and oxygen atoms in total. The van der Waals surface area contributed by atoms with Crippen LogP contribution in [0.1, 0.15) is 33.7 Å². The predicted octanol–water partition coefficient (Wildman–Crippen LogP) is 1.39. The van der Waals surface area contributed by atoms with Gasteiger partial charge in [-0.3, -0.25) is 14.6 Å². The van der Waals surface area contributed by atoms with Gasteiger partial charge in [-0.15, -0.1) is 0 Å². The van der Waals surface area contributed by atoms with Gasteiger partial charge in [0.05, 0.1) is 23.6 Å². The summed E-state index contributed by atoms with van der Waals surface area (Å²) >= 11 is 0. The average molecular weight is 350 g/mol. The van der Waals surface area contributed by atoms with Crippen LogP contribution in [-0.2, 0) is 0 Å². The molecule has 4 rings (SSSR count). The molecule has 1 aliphatic heterocycles. The molecule has 0 saturated carbocycles. The van der Waals surface area contributed by atoms with E-state index >= 15 is 0 Å². The van der Waals surface area contributed by atoms with Gasteiger partial charge in [0.15, 0.2) is 0 Å². The molecule has 1 saturated heterocycles. The van der Waals surface area contributed by atoms with Crippen molar-refractivity contribution < 1.29 is 9.59 Å². The lowest BCUT2D eigenvalue weighted by molar-refractivity contribution is 0.0692. The first-order valence-electron chi connectivity index (χ1n) is 8.50. The van der Waals surface area contributed by atoms with Crippen LogP contribution in [0, 0.1) is 0 Å². The SMILES string of the molecule is O=C(NC1CCN(C(=O)c2cnccn2)CC1)c1ccc2nc[nH]c2c1. The van der Waals surface area contributed by atoms with Gasteiger partial charge < -0.3 is 15.2 Å². The van der Waals surface area contributed by atoms with Crippen LogP contribution in [0.2, 0.25) is 0 Å². The maximum Gasteiger partial charge on any atom is 0.274 e. The Labute approximate surface area is 149 Å². The molecule has 26 heavy (non-hydrogen) atoms. The van der Waals surface area contributed by atoms with Gasteiger partial charge in [-0.1, -0.05) is 0 Å². The van der Waals surface area contributed by atoms with Crippen LogP contribution in [-0.4, -0.2) is 55.8 Å². The first-order valence-corrected chi connectivity index (χ1v) is 8.50. The Bertz CT molecular complexity index is 931. The van der Waals surface area contributed by atoms with Gasteiger partial charge in [0, 0.05) is 37.1 Å². The van der Waals surface area contributed by atoms with E-state index in [9.17, 15) is 9.59 Å². The highest BCUT2D eigenvalue weighted by molar-refractivity contribution is 5.97. The van der Waals surface area contributed by atoms with Gasteiger partial charge >= 0.3 is 0 Å². The summed E-state index contributed by atoms with van der Waals surface area (Å²) in [5.41, 5.74) is 2.61. The minimum atomic E-state index is -0.118. The number of carbonyl (C=O) groups is 2. The molecule has 0 aliphatic carbocycles. The van der Waals surface area contributed by atoms with Crippen LogP contribution in [0.25, 0.3) is 11.0 Å². The number of hydrogen-bond donors (Lipinski definition) is 2. The van der Waals surface area contributed by atoms with Crippen molar-refractivity contribution >= 4 is 22.8 Å². The van der Waals surface area contributed by atoms with E-state index in [1.54, 1.807) is 29.6 Å². The van der Waals surface area contributed by atoms with Crippen molar-refractivity contribution in [3.05, 3.63) is 54.4 Å². The van der Waals surface area contributed by atoms with E-state index in [4.69, 9.17) is 0 Å². The van der Waals surface area contributed by atoms with Crippen molar-refractivity contribution in [2.45, 2.75) is 18.9 Å². The highest BCUT2D eigenvalue weighted by atomic mass is 16.2. The summed E-state index contributed by atoms with van der Waals surface area (Å²) in [4.78, 5) is 41.7. The summed E-state index contributed by atoms with van der Waals surface area (Å²) in [5, 5.41) is 3.05. The van der Waals surface area contributed by atoms with Crippen molar-refractivity contribution in [2.75, 3.05) is 13.1 Å². The third-order valence-corrected chi connectivity index (χ3v) is 4.58. The first-order chi connectivity index (χ1) is 12.7. The first kappa shape index (κ1) is 16.2. The zero-order valence-corrected chi connectivity index (χ0v) is 14.1. The van der Waals surface area contributed by atoms with E-state index < -0.39 is 0 Å². The molecule has 3 aromatic rings. The number of likely N-dealkylation sites (tertiary alicyclic amines) is 1. The molecule has 8 heteroatoms. The molecule has 2 N–H and O–H groups in total. The highest BCUT2D eigenvalue weighted by Gasteiger charge is 2.25. The fourth-order valence-electron chi connectivity index (χ4n) is 3.14. The monoisotopic (exact) mass is 350 g/mol. The van der Waals surface area contributed by atoms with Crippen LogP contribution in [0.3, 0.4) is 0 Å². The summed E-state index contributed by atoms with van der Waals surface area (Å²) in [6.45, 7) is 1.17. The van der Waals surface area contributed by atoms with Crippen molar-refractivity contribution in [1.82, 2.24) is 30.2 Å². The number of fused-ring (bicyclic) bond motifs is 1. The van der Waals surface area contributed by atoms with Gasteiger partial charge in [0.25, 0.3) is 11.8 Å². The lowest BCUT2D eigenvalue weighted by atomic mass is 10.0. The lowest BCUT2D eigenvalue weighted by Crippen LogP contribution is -2.46. The van der Waals surface area contributed by atoms with Gasteiger partial charge in [-0.25, -0.2) is 9.97 Å². The Morgan fingerprint density at radius 1 is 1.15 bits per heavy atom. The number of nitrogens with zero attached hydrogens (tertiary/aromatic N) is 4. The summed E-state index contributed by atoms with van der Waals surface area (Å²) in [5.74, 6) is -0.229. The summed E-state index contributed by atoms with van der Waals surface area (Å²) in [6, 6.07) is 5.43. The van der Waals surface area contributed by atoms with Crippen molar-refractivity contribution in [3.8, 4) is 0 Å². The number of rotatable bonds is 3. The molecule has 3 heterocycles. The molecule has 0 bridgehead atoms. The number of benzene rings is 1. The number of amides is 2.